The van der Waals surface area contributed by atoms with E-state index in [4.69, 9.17) is 10.00 Å². The van der Waals surface area contributed by atoms with E-state index in [1.165, 1.54) is 24.3 Å². The van der Waals surface area contributed by atoms with Gasteiger partial charge in [-0.2, -0.15) is 5.26 Å². The lowest BCUT2D eigenvalue weighted by atomic mass is 10.1. The molecule has 1 N–H and O–H groups in total. The molecule has 0 saturated heterocycles. The zero-order valence-corrected chi connectivity index (χ0v) is 14.1. The molecule has 0 saturated carbocycles. The summed E-state index contributed by atoms with van der Waals surface area (Å²) in [6, 6.07) is 11.2. The highest BCUT2D eigenvalue weighted by Crippen LogP contribution is 2.22. The molecule has 0 aliphatic heterocycles. The van der Waals surface area contributed by atoms with E-state index in [1.807, 2.05) is 37.3 Å². The van der Waals surface area contributed by atoms with Gasteiger partial charge in [-0.05, 0) is 42.5 Å². The summed E-state index contributed by atoms with van der Waals surface area (Å²) in [7, 11) is 0. The number of carbonyl (C=O) groups is 2. The molecule has 0 unspecified atom stereocenters. The predicted molar refractivity (Wildman–Crippen MR) is 93.4 cm³/mol. The van der Waals surface area contributed by atoms with Crippen molar-refractivity contribution in [2.24, 2.45) is 0 Å². The number of amides is 1. The van der Waals surface area contributed by atoms with E-state index in [1.54, 1.807) is 17.5 Å². The van der Waals surface area contributed by atoms with Gasteiger partial charge < -0.3 is 10.1 Å². The smallest absolute Gasteiger partial charge is 0.331 e. The van der Waals surface area contributed by atoms with Gasteiger partial charge in [0.25, 0.3) is 5.91 Å². The monoisotopic (exact) mass is 340 g/mol. The van der Waals surface area contributed by atoms with E-state index >= 15 is 0 Å². The number of hydrogen-bond donors (Lipinski definition) is 1. The second kappa shape index (κ2) is 8.09. The molecular formula is C18H16N2O3S. The third kappa shape index (κ3) is 4.54. The number of hydrogen-bond acceptors (Lipinski definition) is 5. The maximum Gasteiger partial charge on any atom is 0.331 e. The van der Waals surface area contributed by atoms with Crippen molar-refractivity contribution in [3.05, 3.63) is 58.5 Å². The Labute approximate surface area is 144 Å². The molecule has 122 valence electrons. The Hall–Kier alpha value is -2.91. The number of nitrogens with one attached hydrogen (secondary N) is 1. The molecule has 1 atom stereocenters. The van der Waals surface area contributed by atoms with Gasteiger partial charge >= 0.3 is 5.97 Å². The van der Waals surface area contributed by atoms with Crippen molar-refractivity contribution in [2.75, 3.05) is 5.32 Å². The number of esters is 1. The standard InChI is InChI=1S/C18H16N2O3S/c1-12-5-3-4-6-14(12)7-8-16(21)23-13(2)17(22)20-18-15(11-19)9-10-24-18/h3-10,13H,1-2H3,(H,20,22)/b8-7+/t13-/m1/s1. The average Bonchev–Trinajstić information content (AvgIpc) is 3.01. The normalized spacial score (nSPS) is 11.7. The van der Waals surface area contributed by atoms with Gasteiger partial charge in [0.1, 0.15) is 11.1 Å². The number of benzene rings is 1. The van der Waals surface area contributed by atoms with Gasteiger partial charge in [0, 0.05) is 6.08 Å². The first-order valence-corrected chi connectivity index (χ1v) is 8.12. The summed E-state index contributed by atoms with van der Waals surface area (Å²) in [5.41, 5.74) is 2.32. The van der Waals surface area contributed by atoms with Crippen LogP contribution in [0, 0.1) is 18.3 Å². The zero-order chi connectivity index (χ0) is 17.5. The van der Waals surface area contributed by atoms with Crippen molar-refractivity contribution < 1.29 is 14.3 Å². The molecule has 24 heavy (non-hydrogen) atoms. The highest BCUT2D eigenvalue weighted by atomic mass is 32.1. The summed E-state index contributed by atoms with van der Waals surface area (Å²) in [6.45, 7) is 3.42. The molecule has 0 fully saturated rings. The van der Waals surface area contributed by atoms with Gasteiger partial charge in [0.2, 0.25) is 0 Å². The minimum atomic E-state index is -0.965. The highest BCUT2D eigenvalue weighted by Gasteiger charge is 2.18. The maximum atomic E-state index is 12.0. The second-order valence-corrected chi connectivity index (χ2v) is 5.95. The lowest BCUT2D eigenvalue weighted by Gasteiger charge is -2.11. The Morgan fingerprint density at radius 2 is 2.08 bits per heavy atom. The minimum absolute atomic E-state index is 0.381. The molecule has 0 aliphatic rings. The number of carbonyl (C=O) groups excluding carboxylic acids is 2. The SMILES string of the molecule is Cc1ccccc1/C=C/C(=O)O[C@H](C)C(=O)Nc1sccc1C#N. The van der Waals surface area contributed by atoms with Crippen LogP contribution in [0.25, 0.3) is 6.08 Å². The van der Waals surface area contributed by atoms with Crippen LogP contribution in [0.3, 0.4) is 0 Å². The molecule has 2 aromatic rings. The molecule has 0 spiro atoms. The number of anilines is 1. The van der Waals surface area contributed by atoms with E-state index in [-0.39, 0.29) is 0 Å². The van der Waals surface area contributed by atoms with Crippen LogP contribution >= 0.6 is 11.3 Å². The van der Waals surface area contributed by atoms with Crippen LogP contribution in [0.15, 0.2) is 41.8 Å². The lowest BCUT2D eigenvalue weighted by Crippen LogP contribution is -2.29. The van der Waals surface area contributed by atoms with Crippen molar-refractivity contribution in [3.8, 4) is 6.07 Å². The van der Waals surface area contributed by atoms with Crippen LogP contribution in [0.1, 0.15) is 23.6 Å². The first-order chi connectivity index (χ1) is 11.5. The molecule has 0 aliphatic carbocycles. The Bertz CT molecular complexity index is 818. The minimum Gasteiger partial charge on any atom is -0.449 e. The van der Waals surface area contributed by atoms with Crippen LogP contribution in [-0.2, 0) is 14.3 Å². The van der Waals surface area contributed by atoms with E-state index in [0.29, 0.717) is 10.6 Å². The molecule has 0 bridgehead atoms. The topological polar surface area (TPSA) is 79.2 Å². The Balaban J connectivity index is 1.93. The first kappa shape index (κ1) is 17.4. The average molecular weight is 340 g/mol. The Morgan fingerprint density at radius 1 is 1.33 bits per heavy atom. The predicted octanol–water partition coefficient (Wildman–Crippen LogP) is 3.51. The third-order valence-corrected chi connectivity index (χ3v) is 4.10. The molecule has 1 aromatic heterocycles. The molecule has 1 amide bonds. The van der Waals surface area contributed by atoms with E-state index in [0.717, 1.165) is 11.1 Å². The van der Waals surface area contributed by atoms with E-state index in [2.05, 4.69) is 5.32 Å². The summed E-state index contributed by atoms with van der Waals surface area (Å²) < 4.78 is 5.08. The van der Waals surface area contributed by atoms with Gasteiger partial charge in [-0.25, -0.2) is 4.79 Å². The van der Waals surface area contributed by atoms with Crippen molar-refractivity contribution in [1.82, 2.24) is 0 Å². The second-order valence-electron chi connectivity index (χ2n) is 5.03. The fourth-order valence-electron chi connectivity index (χ4n) is 1.91. The van der Waals surface area contributed by atoms with Crippen LogP contribution in [0.4, 0.5) is 5.00 Å². The molecule has 1 aromatic carbocycles. The molecule has 5 nitrogen and oxygen atoms in total. The zero-order valence-electron chi connectivity index (χ0n) is 13.3. The molecular weight excluding hydrogens is 324 g/mol. The van der Waals surface area contributed by atoms with Crippen molar-refractivity contribution in [2.45, 2.75) is 20.0 Å². The largest absolute Gasteiger partial charge is 0.449 e. The van der Waals surface area contributed by atoms with Crippen molar-refractivity contribution in [3.63, 3.8) is 0 Å². The summed E-state index contributed by atoms with van der Waals surface area (Å²) in [5, 5.41) is 13.7. The number of aryl methyl sites for hydroxylation is 1. The van der Waals surface area contributed by atoms with E-state index in [9.17, 15) is 9.59 Å². The lowest BCUT2D eigenvalue weighted by molar-refractivity contribution is -0.148. The highest BCUT2D eigenvalue weighted by molar-refractivity contribution is 7.14. The van der Waals surface area contributed by atoms with Crippen molar-refractivity contribution >= 4 is 34.3 Å². The molecule has 6 heteroatoms. The Morgan fingerprint density at radius 3 is 2.79 bits per heavy atom. The van der Waals surface area contributed by atoms with Gasteiger partial charge in [0.15, 0.2) is 6.10 Å². The summed E-state index contributed by atoms with van der Waals surface area (Å²) >= 11 is 1.24. The maximum absolute atomic E-state index is 12.0. The van der Waals surface area contributed by atoms with Crippen LogP contribution in [0.2, 0.25) is 0 Å². The van der Waals surface area contributed by atoms with Crippen LogP contribution < -0.4 is 5.32 Å². The fourth-order valence-corrected chi connectivity index (χ4v) is 2.65. The van der Waals surface area contributed by atoms with Crippen molar-refractivity contribution in [1.29, 1.82) is 5.26 Å². The van der Waals surface area contributed by atoms with E-state index < -0.39 is 18.0 Å². The number of rotatable bonds is 5. The van der Waals surface area contributed by atoms with Gasteiger partial charge in [-0.15, -0.1) is 11.3 Å². The first-order valence-electron chi connectivity index (χ1n) is 7.24. The third-order valence-electron chi connectivity index (χ3n) is 3.27. The number of thiophene rings is 1. The quantitative estimate of drug-likeness (QED) is 0.667. The van der Waals surface area contributed by atoms with Crippen LogP contribution in [-0.4, -0.2) is 18.0 Å². The summed E-state index contributed by atoms with van der Waals surface area (Å²) in [4.78, 5) is 23.9. The van der Waals surface area contributed by atoms with Gasteiger partial charge in [0.05, 0.1) is 5.56 Å². The fraction of sp³-hybridized carbons (Fsp3) is 0.167. The summed E-state index contributed by atoms with van der Waals surface area (Å²) in [5.74, 6) is -1.08. The molecule has 0 radical (unpaired) electrons. The van der Waals surface area contributed by atoms with Gasteiger partial charge in [-0.1, -0.05) is 24.3 Å². The number of ether oxygens (including phenoxy) is 1. The Kier molecular flexibility index (Phi) is 5.88. The summed E-state index contributed by atoms with van der Waals surface area (Å²) in [6.07, 6.45) is 1.97. The van der Waals surface area contributed by atoms with Gasteiger partial charge in [-0.3, -0.25) is 4.79 Å². The number of nitrogens with zero attached hydrogens (tertiary/aromatic N) is 1. The molecule has 1 heterocycles. The molecule has 2 rings (SSSR count). The van der Waals surface area contributed by atoms with Crippen LogP contribution in [0.5, 0.6) is 0 Å². The number of nitriles is 1.